The number of hydrogen-bond acceptors (Lipinski definition) is 6. The lowest BCUT2D eigenvalue weighted by molar-refractivity contribution is -0.170. The van der Waals surface area contributed by atoms with Gasteiger partial charge < -0.3 is 9.84 Å². The van der Waals surface area contributed by atoms with Gasteiger partial charge in [-0.15, -0.1) is 0 Å². The van der Waals surface area contributed by atoms with Gasteiger partial charge in [0.2, 0.25) is 0 Å². The van der Waals surface area contributed by atoms with Crippen LogP contribution in [0.3, 0.4) is 0 Å². The molecule has 1 unspecified atom stereocenters. The lowest BCUT2D eigenvalue weighted by atomic mass is 10.1. The Kier molecular flexibility index (Phi) is 4.77. The topological polar surface area (TPSA) is 83.4 Å². The Morgan fingerprint density at radius 2 is 2.26 bits per heavy atom. The minimum absolute atomic E-state index is 0.210. The summed E-state index contributed by atoms with van der Waals surface area (Å²) >= 11 is 0. The minimum Gasteiger partial charge on any atom is -0.493 e. The van der Waals surface area contributed by atoms with E-state index in [2.05, 4.69) is 10.5 Å². The Morgan fingerprint density at radius 1 is 1.43 bits per heavy atom. The monoisotopic (exact) mass is 317 g/mol. The predicted molar refractivity (Wildman–Crippen MR) is 83.5 cm³/mol. The standard InChI is InChI=1S/C16H19N3O4/c20-16(21)15(23-19-8-7-17-18-11-19)9-13-3-1-2-4-14(13)22-10-12-5-6-12/h1-4,7-8,11-12,15,17H,5-6,9-10H2,(H,20,21). The van der Waals surface area contributed by atoms with Gasteiger partial charge in [-0.05, 0) is 30.4 Å². The van der Waals surface area contributed by atoms with E-state index in [9.17, 15) is 9.90 Å². The molecule has 7 nitrogen and oxygen atoms in total. The smallest absolute Gasteiger partial charge is 0.335 e. The number of nitrogens with one attached hydrogen (secondary N) is 1. The number of hydrogen-bond donors (Lipinski definition) is 2. The number of ether oxygens (including phenoxy) is 1. The van der Waals surface area contributed by atoms with Gasteiger partial charge in [0.15, 0.2) is 6.10 Å². The number of hydrazone groups is 1. The number of aliphatic carboxylic acids is 1. The largest absolute Gasteiger partial charge is 0.493 e. The predicted octanol–water partition coefficient (Wildman–Crippen LogP) is 1.72. The highest BCUT2D eigenvalue weighted by atomic mass is 16.7. The fourth-order valence-corrected chi connectivity index (χ4v) is 2.16. The van der Waals surface area contributed by atoms with Gasteiger partial charge in [-0.3, -0.25) is 10.3 Å². The molecule has 1 saturated carbocycles. The molecule has 7 heteroatoms. The molecule has 0 saturated heterocycles. The number of hydroxylamine groups is 2. The summed E-state index contributed by atoms with van der Waals surface area (Å²) in [6.07, 6.45) is 6.06. The maximum atomic E-state index is 11.5. The van der Waals surface area contributed by atoms with Crippen LogP contribution in [0, 0.1) is 5.92 Å². The Bertz CT molecular complexity index is 601. The lowest BCUT2D eigenvalue weighted by Gasteiger charge is -2.22. The van der Waals surface area contributed by atoms with Crippen LogP contribution in [0.15, 0.2) is 41.8 Å². The van der Waals surface area contributed by atoms with E-state index >= 15 is 0 Å². The molecule has 1 heterocycles. The summed E-state index contributed by atoms with van der Waals surface area (Å²) < 4.78 is 5.82. The Morgan fingerprint density at radius 3 is 2.96 bits per heavy atom. The number of carboxylic acids is 1. The minimum atomic E-state index is -1.04. The molecule has 0 bridgehead atoms. The van der Waals surface area contributed by atoms with Gasteiger partial charge in [-0.25, -0.2) is 9.86 Å². The molecular weight excluding hydrogens is 298 g/mol. The summed E-state index contributed by atoms with van der Waals surface area (Å²) in [5.41, 5.74) is 3.43. The van der Waals surface area contributed by atoms with Gasteiger partial charge in [0.1, 0.15) is 12.1 Å². The van der Waals surface area contributed by atoms with Crippen molar-refractivity contribution < 1.29 is 19.5 Å². The van der Waals surface area contributed by atoms with Crippen molar-refractivity contribution in [3.05, 3.63) is 42.2 Å². The van der Waals surface area contributed by atoms with Crippen molar-refractivity contribution in [3.8, 4) is 5.75 Å². The van der Waals surface area contributed by atoms with E-state index < -0.39 is 12.1 Å². The third-order valence-corrected chi connectivity index (χ3v) is 3.62. The summed E-state index contributed by atoms with van der Waals surface area (Å²) in [7, 11) is 0. The second kappa shape index (κ2) is 7.15. The van der Waals surface area contributed by atoms with E-state index in [4.69, 9.17) is 9.57 Å². The first-order chi connectivity index (χ1) is 11.2. The number of rotatable bonds is 8. The van der Waals surface area contributed by atoms with Gasteiger partial charge >= 0.3 is 5.97 Å². The van der Waals surface area contributed by atoms with Crippen LogP contribution in [0.1, 0.15) is 18.4 Å². The molecule has 23 heavy (non-hydrogen) atoms. The van der Waals surface area contributed by atoms with Crippen molar-refractivity contribution >= 4 is 12.3 Å². The zero-order chi connectivity index (χ0) is 16.1. The average Bonchev–Trinajstić information content (AvgIpc) is 3.38. The number of para-hydroxylation sites is 1. The van der Waals surface area contributed by atoms with Gasteiger partial charge in [0.25, 0.3) is 0 Å². The van der Waals surface area contributed by atoms with Crippen LogP contribution >= 0.6 is 0 Å². The van der Waals surface area contributed by atoms with Gasteiger partial charge in [-0.2, -0.15) is 5.10 Å². The Labute approximate surface area is 134 Å². The number of benzene rings is 1. The molecule has 0 amide bonds. The third kappa shape index (κ3) is 4.46. The van der Waals surface area contributed by atoms with Crippen LogP contribution in [0.2, 0.25) is 0 Å². The molecule has 2 N–H and O–H groups in total. The van der Waals surface area contributed by atoms with Crippen molar-refractivity contribution in [1.82, 2.24) is 10.5 Å². The normalized spacial score (nSPS) is 17.7. The summed E-state index contributed by atoms with van der Waals surface area (Å²) in [6.45, 7) is 0.683. The first-order valence-corrected chi connectivity index (χ1v) is 7.56. The van der Waals surface area contributed by atoms with Crippen molar-refractivity contribution in [2.24, 2.45) is 11.0 Å². The summed E-state index contributed by atoms with van der Waals surface area (Å²) in [5, 5.41) is 14.4. The summed E-state index contributed by atoms with van der Waals surface area (Å²) in [5.74, 6) is 0.317. The molecule has 1 aromatic rings. The zero-order valence-electron chi connectivity index (χ0n) is 12.6. The van der Waals surface area contributed by atoms with Crippen LogP contribution < -0.4 is 10.2 Å². The highest BCUT2D eigenvalue weighted by Gasteiger charge is 2.25. The van der Waals surface area contributed by atoms with Crippen LogP contribution in [0.25, 0.3) is 0 Å². The quantitative estimate of drug-likeness (QED) is 0.759. The summed E-state index contributed by atoms with van der Waals surface area (Å²) in [4.78, 5) is 16.9. The van der Waals surface area contributed by atoms with E-state index in [0.717, 1.165) is 11.3 Å². The summed E-state index contributed by atoms with van der Waals surface area (Å²) in [6, 6.07) is 7.48. The van der Waals surface area contributed by atoms with E-state index in [-0.39, 0.29) is 6.42 Å². The fourth-order valence-electron chi connectivity index (χ4n) is 2.16. The SMILES string of the molecule is O=C(O)C(Cc1ccccc1OCC1CC1)ON1C=CNN=C1. The molecule has 0 aromatic heterocycles. The van der Waals surface area contributed by atoms with Crippen molar-refractivity contribution in [1.29, 1.82) is 0 Å². The maximum Gasteiger partial charge on any atom is 0.335 e. The average molecular weight is 317 g/mol. The molecule has 2 aliphatic rings. The molecule has 1 fully saturated rings. The van der Waals surface area contributed by atoms with Crippen molar-refractivity contribution in [2.45, 2.75) is 25.4 Å². The van der Waals surface area contributed by atoms with E-state index in [1.807, 2.05) is 24.3 Å². The lowest BCUT2D eigenvalue weighted by Crippen LogP contribution is -2.34. The fraction of sp³-hybridized carbons (Fsp3) is 0.375. The van der Waals surface area contributed by atoms with Crippen LogP contribution in [-0.4, -0.2) is 35.2 Å². The molecule has 3 rings (SSSR count). The Hall–Kier alpha value is -2.54. The highest BCUT2D eigenvalue weighted by Crippen LogP contribution is 2.30. The molecule has 122 valence electrons. The second-order valence-electron chi connectivity index (χ2n) is 5.55. The van der Waals surface area contributed by atoms with Crippen molar-refractivity contribution in [3.63, 3.8) is 0 Å². The van der Waals surface area contributed by atoms with Crippen LogP contribution in [0.5, 0.6) is 5.75 Å². The van der Waals surface area contributed by atoms with E-state index in [0.29, 0.717) is 12.5 Å². The molecular formula is C16H19N3O4. The van der Waals surface area contributed by atoms with Crippen molar-refractivity contribution in [2.75, 3.05) is 6.61 Å². The Balaban J connectivity index is 1.66. The van der Waals surface area contributed by atoms with Gasteiger partial charge in [-0.1, -0.05) is 18.2 Å². The van der Waals surface area contributed by atoms with E-state index in [1.165, 1.54) is 24.2 Å². The van der Waals surface area contributed by atoms with Crippen LogP contribution in [-0.2, 0) is 16.1 Å². The number of carbonyl (C=O) groups is 1. The molecule has 1 aliphatic heterocycles. The highest BCUT2D eigenvalue weighted by molar-refractivity contribution is 5.73. The maximum absolute atomic E-state index is 11.5. The van der Waals surface area contributed by atoms with Gasteiger partial charge in [0, 0.05) is 12.6 Å². The zero-order valence-corrected chi connectivity index (χ0v) is 12.6. The molecule has 0 spiro atoms. The molecule has 0 radical (unpaired) electrons. The number of carboxylic acid groups (broad SMARTS) is 1. The van der Waals surface area contributed by atoms with E-state index in [1.54, 1.807) is 12.4 Å². The molecule has 1 aliphatic carbocycles. The van der Waals surface area contributed by atoms with Crippen LogP contribution in [0.4, 0.5) is 0 Å². The first-order valence-electron chi connectivity index (χ1n) is 7.56. The number of nitrogens with zero attached hydrogens (tertiary/aromatic N) is 2. The van der Waals surface area contributed by atoms with Gasteiger partial charge in [0.05, 0.1) is 12.8 Å². The third-order valence-electron chi connectivity index (χ3n) is 3.62. The molecule has 1 aromatic carbocycles. The second-order valence-corrected chi connectivity index (χ2v) is 5.55. The first kappa shape index (κ1) is 15.4. The molecule has 1 atom stereocenters.